The molecule has 1 atom stereocenters. The molecule has 2 N–H and O–H groups in total. The van der Waals surface area contributed by atoms with E-state index in [2.05, 4.69) is 15.3 Å². The largest absolute Gasteiger partial charge is 0.497 e. The van der Waals surface area contributed by atoms with Crippen LogP contribution >= 0.6 is 0 Å². The maximum absolute atomic E-state index is 5.32. The number of aromatic amines is 1. The zero-order valence-electron chi connectivity index (χ0n) is 11.1. The van der Waals surface area contributed by atoms with Gasteiger partial charge in [0.15, 0.2) is 0 Å². The summed E-state index contributed by atoms with van der Waals surface area (Å²) in [6.45, 7) is 0.930. The van der Waals surface area contributed by atoms with Gasteiger partial charge in [-0.3, -0.25) is 0 Å². The Balaban J connectivity index is 2.03. The third-order valence-electron chi connectivity index (χ3n) is 3.46. The van der Waals surface area contributed by atoms with Gasteiger partial charge in [0.1, 0.15) is 11.5 Å². The second-order valence-corrected chi connectivity index (χ2v) is 4.55. The molecule has 0 radical (unpaired) electrons. The van der Waals surface area contributed by atoms with E-state index in [0.717, 1.165) is 35.7 Å². The number of hydrogen-bond donors (Lipinski definition) is 2. The molecule has 0 aliphatic carbocycles. The second kappa shape index (κ2) is 4.93. The Hall–Kier alpha value is -2.01. The number of hydrogen-bond acceptors (Lipinski definition) is 4. The lowest BCUT2D eigenvalue weighted by atomic mass is 9.97. The highest BCUT2D eigenvalue weighted by molar-refractivity contribution is 5.43. The molecule has 5 nitrogen and oxygen atoms in total. The number of ether oxygens (including phenoxy) is 2. The number of aromatic nitrogens is 2. The van der Waals surface area contributed by atoms with Gasteiger partial charge in [0.05, 0.1) is 32.3 Å². The molecule has 1 unspecified atom stereocenters. The second-order valence-electron chi connectivity index (χ2n) is 4.55. The summed E-state index contributed by atoms with van der Waals surface area (Å²) in [5.41, 5.74) is 3.36. The van der Waals surface area contributed by atoms with Crippen LogP contribution < -0.4 is 14.8 Å². The summed E-state index contributed by atoms with van der Waals surface area (Å²) < 4.78 is 10.6. The van der Waals surface area contributed by atoms with Gasteiger partial charge in [0.2, 0.25) is 0 Å². The molecule has 100 valence electrons. The van der Waals surface area contributed by atoms with Crippen LogP contribution in [0.3, 0.4) is 0 Å². The van der Waals surface area contributed by atoms with E-state index in [1.807, 2.05) is 18.2 Å². The van der Waals surface area contributed by atoms with Crippen molar-refractivity contribution in [1.82, 2.24) is 15.3 Å². The Labute approximate surface area is 112 Å². The average molecular weight is 259 g/mol. The predicted octanol–water partition coefficient (Wildman–Crippen LogP) is 1.66. The van der Waals surface area contributed by atoms with Crippen molar-refractivity contribution in [2.75, 3.05) is 20.8 Å². The van der Waals surface area contributed by atoms with Gasteiger partial charge in [0, 0.05) is 24.7 Å². The topological polar surface area (TPSA) is 59.2 Å². The molecular weight excluding hydrogens is 242 g/mol. The normalized spacial score (nSPS) is 17.9. The number of rotatable bonds is 3. The van der Waals surface area contributed by atoms with Crippen molar-refractivity contribution in [3.63, 3.8) is 0 Å². The number of imidazole rings is 1. The number of H-pyrrole nitrogens is 1. The zero-order valence-corrected chi connectivity index (χ0v) is 11.1. The first-order chi connectivity index (χ1) is 9.31. The van der Waals surface area contributed by atoms with Crippen LogP contribution in [0.5, 0.6) is 11.5 Å². The van der Waals surface area contributed by atoms with Crippen LogP contribution in [0.4, 0.5) is 0 Å². The first kappa shape index (κ1) is 12.0. The number of nitrogens with zero attached hydrogens (tertiary/aromatic N) is 1. The van der Waals surface area contributed by atoms with Gasteiger partial charge in [-0.05, 0) is 17.7 Å². The standard InChI is InChI=1S/C14H17N3O2/c1-18-10-5-9(6-11(7-10)19-2)13-14-12(3-4-15-13)16-8-17-14/h5-8,13,15H,3-4H2,1-2H3,(H,16,17). The quantitative estimate of drug-likeness (QED) is 0.880. The molecule has 3 rings (SSSR count). The van der Waals surface area contributed by atoms with Crippen molar-refractivity contribution in [3.8, 4) is 11.5 Å². The monoisotopic (exact) mass is 259 g/mol. The van der Waals surface area contributed by atoms with Crippen LogP contribution in [0.25, 0.3) is 0 Å². The van der Waals surface area contributed by atoms with Crippen molar-refractivity contribution in [2.45, 2.75) is 12.5 Å². The molecule has 0 bridgehead atoms. The molecule has 1 aliphatic rings. The van der Waals surface area contributed by atoms with E-state index >= 15 is 0 Å². The van der Waals surface area contributed by atoms with Crippen molar-refractivity contribution >= 4 is 0 Å². The molecule has 2 aromatic rings. The molecule has 2 heterocycles. The fraction of sp³-hybridized carbons (Fsp3) is 0.357. The van der Waals surface area contributed by atoms with Crippen molar-refractivity contribution < 1.29 is 9.47 Å². The van der Waals surface area contributed by atoms with E-state index in [4.69, 9.17) is 9.47 Å². The van der Waals surface area contributed by atoms with E-state index in [1.54, 1.807) is 20.5 Å². The minimum atomic E-state index is 0.0824. The third-order valence-corrected chi connectivity index (χ3v) is 3.46. The van der Waals surface area contributed by atoms with Crippen molar-refractivity contribution in [1.29, 1.82) is 0 Å². The molecule has 0 fully saturated rings. The Kier molecular flexibility index (Phi) is 3.13. The minimum Gasteiger partial charge on any atom is -0.497 e. The van der Waals surface area contributed by atoms with Gasteiger partial charge >= 0.3 is 0 Å². The van der Waals surface area contributed by atoms with Gasteiger partial charge < -0.3 is 19.8 Å². The minimum absolute atomic E-state index is 0.0824. The van der Waals surface area contributed by atoms with E-state index in [9.17, 15) is 0 Å². The molecule has 0 spiro atoms. The smallest absolute Gasteiger partial charge is 0.122 e. The van der Waals surface area contributed by atoms with Crippen LogP contribution in [0.2, 0.25) is 0 Å². The van der Waals surface area contributed by atoms with Gasteiger partial charge in [-0.1, -0.05) is 0 Å². The SMILES string of the molecule is COc1cc(OC)cc(C2NCCc3[nH]cnc32)c1. The number of nitrogens with one attached hydrogen (secondary N) is 2. The summed E-state index contributed by atoms with van der Waals surface area (Å²) in [6.07, 6.45) is 2.73. The summed E-state index contributed by atoms with van der Waals surface area (Å²) >= 11 is 0. The highest BCUT2D eigenvalue weighted by Gasteiger charge is 2.24. The third kappa shape index (κ3) is 2.17. The molecule has 1 aliphatic heterocycles. The van der Waals surface area contributed by atoms with Crippen molar-refractivity contribution in [3.05, 3.63) is 41.5 Å². The number of methoxy groups -OCH3 is 2. The Morgan fingerprint density at radius 1 is 1.16 bits per heavy atom. The summed E-state index contributed by atoms with van der Waals surface area (Å²) in [5.74, 6) is 1.58. The van der Waals surface area contributed by atoms with E-state index in [-0.39, 0.29) is 6.04 Å². The van der Waals surface area contributed by atoms with E-state index < -0.39 is 0 Å². The lowest BCUT2D eigenvalue weighted by molar-refractivity contribution is 0.392. The summed E-state index contributed by atoms with van der Waals surface area (Å²) in [7, 11) is 3.32. The summed E-state index contributed by atoms with van der Waals surface area (Å²) in [5, 5.41) is 3.49. The lowest BCUT2D eigenvalue weighted by Gasteiger charge is -2.24. The molecular formula is C14H17N3O2. The Bertz CT molecular complexity index is 558. The van der Waals surface area contributed by atoms with Crippen LogP contribution in [0.1, 0.15) is 23.0 Å². The van der Waals surface area contributed by atoms with Crippen LogP contribution in [-0.2, 0) is 6.42 Å². The molecule has 1 aromatic carbocycles. The molecule has 0 amide bonds. The van der Waals surface area contributed by atoms with Gasteiger partial charge in [-0.2, -0.15) is 0 Å². The van der Waals surface area contributed by atoms with Crippen LogP contribution in [0, 0.1) is 0 Å². The first-order valence-electron chi connectivity index (χ1n) is 6.30. The molecule has 1 aromatic heterocycles. The first-order valence-corrected chi connectivity index (χ1v) is 6.30. The summed E-state index contributed by atoms with van der Waals surface area (Å²) in [4.78, 5) is 7.63. The number of benzene rings is 1. The van der Waals surface area contributed by atoms with Gasteiger partial charge in [-0.25, -0.2) is 4.98 Å². The molecule has 19 heavy (non-hydrogen) atoms. The highest BCUT2D eigenvalue weighted by atomic mass is 16.5. The van der Waals surface area contributed by atoms with Crippen LogP contribution in [0.15, 0.2) is 24.5 Å². The Morgan fingerprint density at radius 2 is 1.89 bits per heavy atom. The maximum Gasteiger partial charge on any atom is 0.122 e. The van der Waals surface area contributed by atoms with E-state index in [1.165, 1.54) is 5.69 Å². The maximum atomic E-state index is 5.32. The highest BCUT2D eigenvalue weighted by Crippen LogP contribution is 2.31. The number of fused-ring (bicyclic) bond motifs is 1. The zero-order chi connectivity index (χ0) is 13.2. The summed E-state index contributed by atoms with van der Waals surface area (Å²) in [6, 6.07) is 5.99. The van der Waals surface area contributed by atoms with Gasteiger partial charge in [0.25, 0.3) is 0 Å². The molecule has 0 saturated heterocycles. The fourth-order valence-corrected chi connectivity index (χ4v) is 2.49. The molecule has 5 heteroatoms. The van der Waals surface area contributed by atoms with Gasteiger partial charge in [-0.15, -0.1) is 0 Å². The average Bonchev–Trinajstić information content (AvgIpc) is 2.94. The van der Waals surface area contributed by atoms with Crippen molar-refractivity contribution in [2.24, 2.45) is 0 Å². The fourth-order valence-electron chi connectivity index (χ4n) is 2.49. The lowest BCUT2D eigenvalue weighted by Crippen LogP contribution is -2.30. The molecule has 0 saturated carbocycles. The predicted molar refractivity (Wildman–Crippen MR) is 71.7 cm³/mol. The van der Waals surface area contributed by atoms with E-state index in [0.29, 0.717) is 0 Å². The van der Waals surface area contributed by atoms with Crippen LogP contribution in [-0.4, -0.2) is 30.7 Å². The Morgan fingerprint density at radius 3 is 2.58 bits per heavy atom.